The minimum absolute atomic E-state index is 0.0704. The van der Waals surface area contributed by atoms with Crippen LogP contribution in [0, 0.1) is 5.92 Å². The van der Waals surface area contributed by atoms with Gasteiger partial charge in [-0.2, -0.15) is 0 Å². The first-order valence-electron chi connectivity index (χ1n) is 6.30. The summed E-state index contributed by atoms with van der Waals surface area (Å²) in [7, 11) is 1.68. The number of carbonyl (C=O) groups excluding carboxylic acids is 1. The van der Waals surface area contributed by atoms with Gasteiger partial charge in [-0.3, -0.25) is 4.79 Å². The van der Waals surface area contributed by atoms with Crippen LogP contribution in [-0.2, 0) is 17.6 Å². The molecule has 0 saturated heterocycles. The normalized spacial score (nSPS) is 12.2. The Balaban J connectivity index is 2.91. The number of carbonyl (C=O) groups is 1. The molecule has 94 valence electrons. The molecule has 1 unspecified atom stereocenters. The molecule has 1 atom stereocenters. The summed E-state index contributed by atoms with van der Waals surface area (Å²) in [6.45, 7) is 6.04. The predicted molar refractivity (Wildman–Crippen MR) is 70.5 cm³/mol. The highest BCUT2D eigenvalue weighted by atomic mass is 16.5. The molecule has 1 aromatic rings. The van der Waals surface area contributed by atoms with Gasteiger partial charge in [-0.25, -0.2) is 0 Å². The lowest BCUT2D eigenvalue weighted by molar-refractivity contribution is -0.122. The van der Waals surface area contributed by atoms with Crippen LogP contribution in [0.3, 0.4) is 0 Å². The van der Waals surface area contributed by atoms with Gasteiger partial charge < -0.3 is 4.74 Å². The van der Waals surface area contributed by atoms with E-state index < -0.39 is 0 Å². The number of hydrogen-bond donors (Lipinski definition) is 0. The Bertz CT molecular complexity index is 383. The molecular formula is C15H22O2. The number of Topliss-reactive ketones (excluding diaryl/α,β-unsaturated/α-hetero) is 1. The van der Waals surface area contributed by atoms with E-state index in [4.69, 9.17) is 4.74 Å². The zero-order chi connectivity index (χ0) is 12.8. The highest BCUT2D eigenvalue weighted by molar-refractivity contribution is 5.80. The van der Waals surface area contributed by atoms with Crippen LogP contribution < -0.4 is 4.74 Å². The molecule has 0 bridgehead atoms. The average molecular weight is 234 g/mol. The molecule has 0 N–H and O–H groups in total. The number of hydrogen-bond acceptors (Lipinski definition) is 2. The molecule has 2 heteroatoms. The van der Waals surface area contributed by atoms with Gasteiger partial charge in [0.25, 0.3) is 0 Å². The third kappa shape index (κ3) is 3.58. The minimum atomic E-state index is 0.0704. The lowest BCUT2D eigenvalue weighted by atomic mass is 9.94. The first-order chi connectivity index (χ1) is 8.12. The zero-order valence-corrected chi connectivity index (χ0v) is 11.2. The summed E-state index contributed by atoms with van der Waals surface area (Å²) in [5.41, 5.74) is 2.43. The Morgan fingerprint density at radius 1 is 1.35 bits per heavy atom. The van der Waals surface area contributed by atoms with Crippen molar-refractivity contribution in [1.82, 2.24) is 0 Å². The summed E-state index contributed by atoms with van der Waals surface area (Å²) < 4.78 is 5.35. The maximum absolute atomic E-state index is 11.6. The highest BCUT2D eigenvalue weighted by Gasteiger charge is 2.14. The third-order valence-electron chi connectivity index (χ3n) is 3.18. The molecule has 0 aliphatic carbocycles. The first kappa shape index (κ1) is 13.8. The first-order valence-corrected chi connectivity index (χ1v) is 6.30. The van der Waals surface area contributed by atoms with Crippen molar-refractivity contribution in [3.05, 3.63) is 29.3 Å². The number of methoxy groups -OCH3 is 1. The van der Waals surface area contributed by atoms with E-state index >= 15 is 0 Å². The Labute approximate surface area is 104 Å². The van der Waals surface area contributed by atoms with E-state index in [1.54, 1.807) is 7.11 Å². The number of benzene rings is 1. The van der Waals surface area contributed by atoms with Crippen molar-refractivity contribution in [2.75, 3.05) is 7.11 Å². The van der Waals surface area contributed by atoms with Crippen LogP contribution in [0.2, 0.25) is 0 Å². The van der Waals surface area contributed by atoms with E-state index in [0.717, 1.165) is 24.2 Å². The Hall–Kier alpha value is -1.31. The molecule has 0 spiro atoms. The second-order valence-corrected chi connectivity index (χ2v) is 4.42. The van der Waals surface area contributed by atoms with Crippen LogP contribution in [-0.4, -0.2) is 12.9 Å². The number of ketones is 1. The Kier molecular flexibility index (Phi) is 5.20. The second-order valence-electron chi connectivity index (χ2n) is 4.42. The molecule has 17 heavy (non-hydrogen) atoms. The van der Waals surface area contributed by atoms with Crippen molar-refractivity contribution < 1.29 is 9.53 Å². The van der Waals surface area contributed by atoms with E-state index in [0.29, 0.717) is 12.2 Å². The fraction of sp³-hybridized carbons (Fsp3) is 0.533. The van der Waals surface area contributed by atoms with Crippen LogP contribution in [0.25, 0.3) is 0 Å². The van der Waals surface area contributed by atoms with E-state index in [1.165, 1.54) is 5.56 Å². The smallest absolute Gasteiger partial charge is 0.135 e. The molecule has 0 fully saturated rings. The van der Waals surface area contributed by atoms with Crippen LogP contribution in [0.4, 0.5) is 0 Å². The molecule has 0 radical (unpaired) electrons. The van der Waals surface area contributed by atoms with Gasteiger partial charge in [0.1, 0.15) is 11.5 Å². The topological polar surface area (TPSA) is 26.3 Å². The van der Waals surface area contributed by atoms with Crippen LogP contribution in [0.15, 0.2) is 18.2 Å². The fourth-order valence-electron chi connectivity index (χ4n) is 2.00. The number of rotatable bonds is 6. The molecule has 0 aromatic heterocycles. The maximum atomic E-state index is 11.6. The Morgan fingerprint density at radius 3 is 2.59 bits per heavy atom. The van der Waals surface area contributed by atoms with Gasteiger partial charge in [0.15, 0.2) is 0 Å². The highest BCUT2D eigenvalue weighted by Crippen LogP contribution is 2.23. The second kappa shape index (κ2) is 6.43. The predicted octanol–water partition coefficient (Wildman–Crippen LogP) is 3.42. The van der Waals surface area contributed by atoms with Gasteiger partial charge in [0, 0.05) is 12.3 Å². The molecular weight excluding hydrogens is 212 g/mol. The van der Waals surface area contributed by atoms with Gasteiger partial charge in [0.2, 0.25) is 0 Å². The summed E-state index contributed by atoms with van der Waals surface area (Å²) in [6, 6.07) is 6.23. The molecule has 1 aromatic carbocycles. The molecule has 0 saturated carbocycles. The van der Waals surface area contributed by atoms with Gasteiger partial charge in [0.05, 0.1) is 7.11 Å². The van der Waals surface area contributed by atoms with Crippen LogP contribution in [0.5, 0.6) is 5.75 Å². The number of aryl methyl sites for hydroxylation is 1. The van der Waals surface area contributed by atoms with Crippen molar-refractivity contribution in [2.24, 2.45) is 5.92 Å². The van der Waals surface area contributed by atoms with Gasteiger partial charge in [-0.05, 0) is 30.0 Å². The van der Waals surface area contributed by atoms with Crippen molar-refractivity contribution in [3.63, 3.8) is 0 Å². The largest absolute Gasteiger partial charge is 0.496 e. The lowest BCUT2D eigenvalue weighted by Gasteiger charge is -2.14. The fourth-order valence-corrected chi connectivity index (χ4v) is 2.00. The van der Waals surface area contributed by atoms with Crippen LogP contribution in [0.1, 0.15) is 38.3 Å². The SMILES string of the molecule is CCC(=O)C(C)Cc1cc(CC)ccc1OC. The molecule has 0 amide bonds. The maximum Gasteiger partial charge on any atom is 0.135 e. The van der Waals surface area contributed by atoms with Crippen molar-refractivity contribution in [2.45, 2.75) is 40.0 Å². The Morgan fingerprint density at radius 2 is 2.06 bits per heavy atom. The zero-order valence-electron chi connectivity index (χ0n) is 11.2. The van der Waals surface area contributed by atoms with E-state index in [1.807, 2.05) is 19.9 Å². The minimum Gasteiger partial charge on any atom is -0.496 e. The summed E-state index contributed by atoms with van der Waals surface area (Å²) >= 11 is 0. The average Bonchev–Trinajstić information content (AvgIpc) is 2.37. The van der Waals surface area contributed by atoms with E-state index in [9.17, 15) is 4.79 Å². The van der Waals surface area contributed by atoms with Gasteiger partial charge in [-0.15, -0.1) is 0 Å². The molecule has 1 rings (SSSR count). The third-order valence-corrected chi connectivity index (χ3v) is 3.18. The quantitative estimate of drug-likeness (QED) is 0.754. The lowest BCUT2D eigenvalue weighted by Crippen LogP contribution is -2.13. The van der Waals surface area contributed by atoms with Crippen molar-refractivity contribution in [3.8, 4) is 5.75 Å². The summed E-state index contributed by atoms with van der Waals surface area (Å²) in [5.74, 6) is 1.27. The molecule has 0 heterocycles. The summed E-state index contributed by atoms with van der Waals surface area (Å²) in [6.07, 6.45) is 2.38. The van der Waals surface area contributed by atoms with Crippen molar-refractivity contribution in [1.29, 1.82) is 0 Å². The monoisotopic (exact) mass is 234 g/mol. The van der Waals surface area contributed by atoms with Gasteiger partial charge >= 0.3 is 0 Å². The van der Waals surface area contributed by atoms with Gasteiger partial charge in [-0.1, -0.05) is 32.9 Å². The van der Waals surface area contributed by atoms with Crippen molar-refractivity contribution >= 4 is 5.78 Å². The summed E-state index contributed by atoms with van der Waals surface area (Å²) in [4.78, 5) is 11.6. The standard InChI is InChI=1S/C15H22O2/c1-5-12-7-8-15(17-4)13(10-12)9-11(3)14(16)6-2/h7-8,10-11H,5-6,9H2,1-4H3. The molecule has 2 nitrogen and oxygen atoms in total. The van der Waals surface area contributed by atoms with E-state index in [-0.39, 0.29) is 5.92 Å². The summed E-state index contributed by atoms with van der Waals surface area (Å²) in [5, 5.41) is 0. The number of ether oxygens (including phenoxy) is 1. The molecule has 0 aliphatic heterocycles. The van der Waals surface area contributed by atoms with Crippen LogP contribution >= 0.6 is 0 Å². The molecule has 0 aliphatic rings. The van der Waals surface area contributed by atoms with E-state index in [2.05, 4.69) is 19.1 Å².